The molecular formula is C18H17ClN2O3. The van der Waals surface area contributed by atoms with Gasteiger partial charge in [0.15, 0.2) is 0 Å². The van der Waals surface area contributed by atoms with Gasteiger partial charge >= 0.3 is 6.03 Å². The molecule has 1 N–H and O–H groups in total. The van der Waals surface area contributed by atoms with Crippen LogP contribution in [-0.2, 0) is 11.3 Å². The molecule has 0 unspecified atom stereocenters. The van der Waals surface area contributed by atoms with Gasteiger partial charge in [-0.05, 0) is 30.2 Å². The first-order chi connectivity index (χ1) is 11.6. The molecule has 0 atom stereocenters. The standard InChI is InChI=1S/C18H17ClN2O3/c19-14-7-2-1-6-13(14)12-21(15-8-3-4-9-16(15)22)18(24)20-11-5-10-17(20)23/h1-4,6-9,22H,5,10-12H2. The van der Waals surface area contributed by atoms with Crippen molar-refractivity contribution in [3.63, 3.8) is 0 Å². The molecule has 0 radical (unpaired) electrons. The average molecular weight is 345 g/mol. The Bertz CT molecular complexity index is 778. The SMILES string of the molecule is O=C1CCCN1C(=O)N(Cc1ccccc1Cl)c1ccccc1O. The lowest BCUT2D eigenvalue weighted by atomic mass is 10.2. The third-order valence-corrected chi connectivity index (χ3v) is 4.36. The lowest BCUT2D eigenvalue weighted by Gasteiger charge is -2.28. The van der Waals surface area contributed by atoms with E-state index in [0.29, 0.717) is 30.1 Å². The summed E-state index contributed by atoms with van der Waals surface area (Å²) in [6.45, 7) is 0.560. The van der Waals surface area contributed by atoms with E-state index in [0.717, 1.165) is 5.56 Å². The summed E-state index contributed by atoms with van der Waals surface area (Å²) in [5, 5.41) is 10.7. The third kappa shape index (κ3) is 3.21. The molecule has 2 aromatic carbocycles. The van der Waals surface area contributed by atoms with Crippen LogP contribution >= 0.6 is 11.6 Å². The number of amides is 3. The highest BCUT2D eigenvalue weighted by molar-refractivity contribution is 6.31. The molecule has 3 amide bonds. The number of rotatable bonds is 3. The number of phenols is 1. The van der Waals surface area contributed by atoms with Crippen LogP contribution in [0.2, 0.25) is 5.02 Å². The van der Waals surface area contributed by atoms with Gasteiger partial charge in [0.2, 0.25) is 5.91 Å². The molecule has 2 aromatic rings. The molecule has 1 fully saturated rings. The molecule has 24 heavy (non-hydrogen) atoms. The van der Waals surface area contributed by atoms with Gasteiger partial charge in [0.1, 0.15) is 5.75 Å². The van der Waals surface area contributed by atoms with Crippen LogP contribution in [0.3, 0.4) is 0 Å². The summed E-state index contributed by atoms with van der Waals surface area (Å²) < 4.78 is 0. The van der Waals surface area contributed by atoms with E-state index in [1.54, 1.807) is 24.3 Å². The normalized spacial score (nSPS) is 14.0. The molecule has 1 aliphatic heterocycles. The Morgan fingerprint density at radius 1 is 1.17 bits per heavy atom. The van der Waals surface area contributed by atoms with E-state index in [-0.39, 0.29) is 18.2 Å². The van der Waals surface area contributed by atoms with E-state index < -0.39 is 6.03 Å². The number of phenolic OH excluding ortho intramolecular Hbond substituents is 1. The van der Waals surface area contributed by atoms with Crippen LogP contribution in [0.1, 0.15) is 18.4 Å². The summed E-state index contributed by atoms with van der Waals surface area (Å²) >= 11 is 6.21. The van der Waals surface area contributed by atoms with E-state index in [1.165, 1.54) is 15.9 Å². The summed E-state index contributed by atoms with van der Waals surface area (Å²) in [4.78, 5) is 27.5. The zero-order chi connectivity index (χ0) is 17.1. The maximum Gasteiger partial charge on any atom is 0.331 e. The molecule has 0 aromatic heterocycles. The van der Waals surface area contributed by atoms with Gasteiger partial charge in [-0.1, -0.05) is 41.9 Å². The van der Waals surface area contributed by atoms with E-state index in [2.05, 4.69) is 0 Å². The number of aromatic hydroxyl groups is 1. The molecule has 1 saturated heterocycles. The molecule has 0 bridgehead atoms. The van der Waals surface area contributed by atoms with Gasteiger partial charge in [-0.25, -0.2) is 4.79 Å². The Hall–Kier alpha value is -2.53. The Kier molecular flexibility index (Phi) is 4.71. The maximum absolute atomic E-state index is 12.9. The molecule has 124 valence electrons. The van der Waals surface area contributed by atoms with Crippen LogP contribution in [0.25, 0.3) is 0 Å². The monoisotopic (exact) mass is 344 g/mol. The molecule has 3 rings (SSSR count). The smallest absolute Gasteiger partial charge is 0.331 e. The summed E-state index contributed by atoms with van der Waals surface area (Å²) in [5.74, 6) is -0.218. The lowest BCUT2D eigenvalue weighted by molar-refractivity contribution is -0.125. The summed E-state index contributed by atoms with van der Waals surface area (Å²) in [7, 11) is 0. The van der Waals surface area contributed by atoms with Gasteiger partial charge in [-0.2, -0.15) is 0 Å². The lowest BCUT2D eigenvalue weighted by Crippen LogP contribution is -2.43. The zero-order valence-electron chi connectivity index (χ0n) is 13.0. The minimum absolute atomic E-state index is 0.0236. The fraction of sp³-hybridized carbons (Fsp3) is 0.222. The van der Waals surface area contributed by atoms with E-state index in [1.807, 2.05) is 18.2 Å². The molecule has 1 aliphatic rings. The molecule has 0 spiro atoms. The molecule has 5 nitrogen and oxygen atoms in total. The first-order valence-electron chi connectivity index (χ1n) is 7.71. The largest absolute Gasteiger partial charge is 0.506 e. The van der Waals surface area contributed by atoms with Crippen molar-refractivity contribution in [2.75, 3.05) is 11.4 Å². The van der Waals surface area contributed by atoms with Crippen LogP contribution in [0.4, 0.5) is 10.5 Å². The Morgan fingerprint density at radius 2 is 1.88 bits per heavy atom. The fourth-order valence-electron chi connectivity index (χ4n) is 2.74. The molecule has 0 aliphatic carbocycles. The quantitative estimate of drug-likeness (QED) is 0.921. The van der Waals surface area contributed by atoms with Crippen molar-refractivity contribution >= 4 is 29.2 Å². The highest BCUT2D eigenvalue weighted by atomic mass is 35.5. The second-order valence-corrected chi connectivity index (χ2v) is 6.00. The molecule has 1 heterocycles. The predicted molar refractivity (Wildman–Crippen MR) is 92.1 cm³/mol. The van der Waals surface area contributed by atoms with Crippen molar-refractivity contribution < 1.29 is 14.7 Å². The van der Waals surface area contributed by atoms with Crippen molar-refractivity contribution in [2.24, 2.45) is 0 Å². The Balaban J connectivity index is 1.98. The number of para-hydroxylation sites is 2. The third-order valence-electron chi connectivity index (χ3n) is 3.99. The molecular weight excluding hydrogens is 328 g/mol. The van der Waals surface area contributed by atoms with Crippen LogP contribution in [0.5, 0.6) is 5.75 Å². The van der Waals surface area contributed by atoms with Crippen molar-refractivity contribution in [1.29, 1.82) is 0 Å². The number of carbonyl (C=O) groups excluding carboxylic acids is 2. The number of carbonyl (C=O) groups is 2. The fourth-order valence-corrected chi connectivity index (χ4v) is 2.94. The number of nitrogens with zero attached hydrogens (tertiary/aromatic N) is 2. The topological polar surface area (TPSA) is 60.9 Å². The molecule has 0 saturated carbocycles. The first-order valence-corrected chi connectivity index (χ1v) is 8.09. The van der Waals surface area contributed by atoms with Crippen LogP contribution in [0.15, 0.2) is 48.5 Å². The number of hydrogen-bond acceptors (Lipinski definition) is 3. The number of imide groups is 1. The van der Waals surface area contributed by atoms with Crippen molar-refractivity contribution in [1.82, 2.24) is 4.90 Å². The van der Waals surface area contributed by atoms with Crippen molar-refractivity contribution in [2.45, 2.75) is 19.4 Å². The first kappa shape index (κ1) is 16.3. The van der Waals surface area contributed by atoms with Gasteiger partial charge in [0.25, 0.3) is 0 Å². The number of anilines is 1. The number of halogens is 1. The Morgan fingerprint density at radius 3 is 2.54 bits per heavy atom. The van der Waals surface area contributed by atoms with Gasteiger partial charge < -0.3 is 5.11 Å². The van der Waals surface area contributed by atoms with Crippen LogP contribution in [0, 0.1) is 0 Å². The molecule has 6 heteroatoms. The highest BCUT2D eigenvalue weighted by Crippen LogP contribution is 2.31. The van der Waals surface area contributed by atoms with Gasteiger partial charge in [-0.3, -0.25) is 14.6 Å². The zero-order valence-corrected chi connectivity index (χ0v) is 13.7. The van der Waals surface area contributed by atoms with Crippen LogP contribution in [-0.4, -0.2) is 28.5 Å². The highest BCUT2D eigenvalue weighted by Gasteiger charge is 2.32. The van der Waals surface area contributed by atoms with E-state index >= 15 is 0 Å². The number of hydrogen-bond donors (Lipinski definition) is 1. The number of urea groups is 1. The van der Waals surface area contributed by atoms with E-state index in [9.17, 15) is 14.7 Å². The summed E-state index contributed by atoms with van der Waals surface area (Å²) in [5.41, 5.74) is 1.09. The average Bonchev–Trinajstić information content (AvgIpc) is 3.00. The summed E-state index contributed by atoms with van der Waals surface area (Å²) in [6.07, 6.45) is 1.03. The minimum Gasteiger partial charge on any atom is -0.506 e. The number of benzene rings is 2. The second kappa shape index (κ2) is 6.93. The summed E-state index contributed by atoms with van der Waals surface area (Å²) in [6, 6.07) is 13.3. The number of likely N-dealkylation sites (tertiary alicyclic amines) is 1. The second-order valence-electron chi connectivity index (χ2n) is 5.60. The van der Waals surface area contributed by atoms with Crippen LogP contribution < -0.4 is 4.90 Å². The van der Waals surface area contributed by atoms with Crippen molar-refractivity contribution in [3.8, 4) is 5.75 Å². The van der Waals surface area contributed by atoms with E-state index in [4.69, 9.17) is 11.6 Å². The predicted octanol–water partition coefficient (Wildman–Crippen LogP) is 3.79. The minimum atomic E-state index is -0.445. The van der Waals surface area contributed by atoms with Crippen molar-refractivity contribution in [3.05, 3.63) is 59.1 Å². The van der Waals surface area contributed by atoms with Gasteiger partial charge in [0, 0.05) is 18.0 Å². The van der Waals surface area contributed by atoms with Gasteiger partial charge in [-0.15, -0.1) is 0 Å². The maximum atomic E-state index is 12.9. The van der Waals surface area contributed by atoms with Gasteiger partial charge in [0.05, 0.1) is 12.2 Å². The Labute approximate surface area is 145 Å².